The first-order valence-electron chi connectivity index (χ1n) is 5.69. The Morgan fingerprint density at radius 2 is 1.20 bits per heavy atom. The zero-order valence-corrected chi connectivity index (χ0v) is 9.08. The molecule has 0 atom stereocenters. The summed E-state index contributed by atoms with van der Waals surface area (Å²) >= 11 is 0. The topological polar surface area (TPSA) is 18.5 Å². The molecule has 0 bridgehead atoms. The van der Waals surface area contributed by atoms with E-state index in [-0.39, 0.29) is 0 Å². The normalized spacial score (nSPS) is 18.9. The average Bonchev–Trinajstić information content (AvgIpc) is 2.80. The molecule has 2 nitrogen and oxygen atoms in total. The minimum absolute atomic E-state index is 0.778. The fourth-order valence-electron chi connectivity index (χ4n) is 1.95. The molecule has 0 N–H and O–H groups in total. The van der Waals surface area contributed by atoms with Gasteiger partial charge in [-0.25, -0.2) is 0 Å². The molecule has 2 aliphatic rings. The summed E-state index contributed by atoms with van der Waals surface area (Å²) in [6.45, 7) is 3.11. The molecule has 1 saturated heterocycles. The summed E-state index contributed by atoms with van der Waals surface area (Å²) in [6, 6.07) is 8.74. The van der Waals surface area contributed by atoms with Crippen molar-refractivity contribution in [3.63, 3.8) is 0 Å². The maximum Gasteiger partial charge on any atom is 0.0701 e. The maximum absolute atomic E-state index is 4.94. The van der Waals surface area contributed by atoms with Crippen molar-refractivity contribution >= 4 is 0 Å². The van der Waals surface area contributed by atoms with Crippen molar-refractivity contribution in [3.05, 3.63) is 35.4 Å². The predicted molar refractivity (Wildman–Crippen MR) is 60.1 cm³/mol. The van der Waals surface area contributed by atoms with Crippen LogP contribution < -0.4 is 0 Å². The van der Waals surface area contributed by atoms with Crippen molar-refractivity contribution in [2.45, 2.75) is 19.3 Å². The van der Waals surface area contributed by atoms with E-state index in [0.29, 0.717) is 0 Å². The summed E-state index contributed by atoms with van der Waals surface area (Å²) < 4.78 is 9.89. The van der Waals surface area contributed by atoms with Gasteiger partial charge in [0.1, 0.15) is 0 Å². The van der Waals surface area contributed by atoms with Crippen molar-refractivity contribution in [2.24, 2.45) is 0 Å². The lowest BCUT2D eigenvalue weighted by Gasteiger charge is -2.09. The molecular formula is C13H18O2. The van der Waals surface area contributed by atoms with E-state index in [4.69, 9.17) is 9.47 Å². The van der Waals surface area contributed by atoms with Gasteiger partial charge in [0.2, 0.25) is 0 Å². The summed E-state index contributed by atoms with van der Waals surface area (Å²) in [5.74, 6) is 0. The van der Waals surface area contributed by atoms with Crippen LogP contribution in [-0.2, 0) is 22.3 Å². The van der Waals surface area contributed by atoms with Gasteiger partial charge >= 0.3 is 0 Å². The van der Waals surface area contributed by atoms with E-state index in [0.717, 1.165) is 26.4 Å². The quantitative estimate of drug-likeness (QED) is 0.648. The Balaban J connectivity index is 0.000000124. The molecule has 0 spiro atoms. The molecule has 1 fully saturated rings. The predicted octanol–water partition coefficient (Wildman–Crippen LogP) is 2.21. The van der Waals surface area contributed by atoms with E-state index < -0.39 is 0 Å². The van der Waals surface area contributed by atoms with Crippen LogP contribution in [0.4, 0.5) is 0 Å². The van der Waals surface area contributed by atoms with Crippen LogP contribution in [0.5, 0.6) is 0 Å². The minimum Gasteiger partial charge on any atom is -0.377 e. The van der Waals surface area contributed by atoms with Gasteiger partial charge in [-0.05, 0) is 30.4 Å². The third-order valence-electron chi connectivity index (χ3n) is 2.75. The van der Waals surface area contributed by atoms with Crippen molar-refractivity contribution < 1.29 is 9.47 Å². The molecule has 15 heavy (non-hydrogen) atoms. The van der Waals surface area contributed by atoms with Gasteiger partial charge in [0.25, 0.3) is 0 Å². The number of ether oxygens (including phenoxy) is 2. The Labute approximate surface area is 91.2 Å². The van der Waals surface area contributed by atoms with Crippen LogP contribution >= 0.6 is 0 Å². The molecule has 1 aromatic rings. The minimum atomic E-state index is 0.778. The molecule has 1 aliphatic heterocycles. The first-order chi connectivity index (χ1) is 7.47. The molecule has 0 amide bonds. The molecule has 1 aliphatic carbocycles. The Hall–Kier alpha value is -0.860. The number of aryl methyl sites for hydroxylation is 2. The SMILES string of the molecule is C1COCCO1.c1ccc2c(c1)CCC2. The van der Waals surface area contributed by atoms with Crippen LogP contribution in [0.25, 0.3) is 0 Å². The first kappa shape index (κ1) is 10.7. The van der Waals surface area contributed by atoms with Crippen LogP contribution in [0.3, 0.4) is 0 Å². The largest absolute Gasteiger partial charge is 0.377 e. The van der Waals surface area contributed by atoms with Crippen LogP contribution in [0.1, 0.15) is 17.5 Å². The Kier molecular flexibility index (Phi) is 4.18. The highest BCUT2D eigenvalue weighted by Crippen LogP contribution is 2.20. The molecule has 2 heteroatoms. The number of rotatable bonds is 0. The van der Waals surface area contributed by atoms with E-state index in [2.05, 4.69) is 24.3 Å². The van der Waals surface area contributed by atoms with Gasteiger partial charge in [-0.15, -0.1) is 0 Å². The molecule has 0 saturated carbocycles. The average molecular weight is 206 g/mol. The Morgan fingerprint density at radius 1 is 0.733 bits per heavy atom. The highest BCUT2D eigenvalue weighted by molar-refractivity contribution is 5.30. The van der Waals surface area contributed by atoms with Crippen molar-refractivity contribution in [1.82, 2.24) is 0 Å². The van der Waals surface area contributed by atoms with Gasteiger partial charge in [0.05, 0.1) is 26.4 Å². The lowest BCUT2D eigenvalue weighted by Crippen LogP contribution is -2.16. The standard InChI is InChI=1S/C9H10.C4H8O2/c1-2-5-9-7-3-6-8(9)4-1;1-2-6-4-3-5-1/h1-2,4-5H,3,6-7H2;1-4H2. The zero-order valence-electron chi connectivity index (χ0n) is 9.08. The van der Waals surface area contributed by atoms with Crippen LogP contribution in [-0.4, -0.2) is 26.4 Å². The molecule has 82 valence electrons. The van der Waals surface area contributed by atoms with Gasteiger partial charge in [-0.1, -0.05) is 24.3 Å². The molecule has 1 heterocycles. The Bertz CT molecular complexity index is 258. The third kappa shape index (κ3) is 3.33. The lowest BCUT2D eigenvalue weighted by atomic mass is 10.1. The first-order valence-corrected chi connectivity index (χ1v) is 5.69. The second-order valence-corrected chi connectivity index (χ2v) is 3.85. The smallest absolute Gasteiger partial charge is 0.0701 e. The zero-order chi connectivity index (χ0) is 10.3. The van der Waals surface area contributed by atoms with E-state index >= 15 is 0 Å². The van der Waals surface area contributed by atoms with E-state index in [1.54, 1.807) is 11.1 Å². The second kappa shape index (κ2) is 5.89. The number of fused-ring (bicyclic) bond motifs is 1. The fraction of sp³-hybridized carbons (Fsp3) is 0.538. The van der Waals surface area contributed by atoms with Gasteiger partial charge in [-0.2, -0.15) is 0 Å². The molecule has 0 aromatic heterocycles. The summed E-state index contributed by atoms with van der Waals surface area (Å²) in [7, 11) is 0. The number of benzene rings is 1. The van der Waals surface area contributed by atoms with Gasteiger partial charge in [0.15, 0.2) is 0 Å². The molecule has 0 unspecified atom stereocenters. The summed E-state index contributed by atoms with van der Waals surface area (Å²) in [4.78, 5) is 0. The summed E-state index contributed by atoms with van der Waals surface area (Å²) in [6.07, 6.45) is 3.96. The van der Waals surface area contributed by atoms with Crippen molar-refractivity contribution in [1.29, 1.82) is 0 Å². The molecule has 0 radical (unpaired) electrons. The van der Waals surface area contributed by atoms with E-state index in [1.807, 2.05) is 0 Å². The molecule has 3 rings (SSSR count). The highest BCUT2D eigenvalue weighted by Gasteiger charge is 2.07. The fourth-order valence-corrected chi connectivity index (χ4v) is 1.95. The Morgan fingerprint density at radius 3 is 1.60 bits per heavy atom. The lowest BCUT2D eigenvalue weighted by molar-refractivity contribution is -0.0334. The monoisotopic (exact) mass is 206 g/mol. The number of hydrogen-bond acceptors (Lipinski definition) is 2. The van der Waals surface area contributed by atoms with Crippen LogP contribution in [0, 0.1) is 0 Å². The summed E-state index contributed by atoms with van der Waals surface area (Å²) in [5.41, 5.74) is 3.13. The second-order valence-electron chi connectivity index (χ2n) is 3.85. The third-order valence-corrected chi connectivity index (χ3v) is 2.75. The van der Waals surface area contributed by atoms with Crippen LogP contribution in [0.2, 0.25) is 0 Å². The van der Waals surface area contributed by atoms with Gasteiger partial charge in [-0.3, -0.25) is 0 Å². The van der Waals surface area contributed by atoms with Gasteiger partial charge < -0.3 is 9.47 Å². The maximum atomic E-state index is 4.94. The van der Waals surface area contributed by atoms with Gasteiger partial charge in [0, 0.05) is 0 Å². The van der Waals surface area contributed by atoms with Crippen molar-refractivity contribution in [3.8, 4) is 0 Å². The van der Waals surface area contributed by atoms with E-state index in [9.17, 15) is 0 Å². The van der Waals surface area contributed by atoms with Crippen molar-refractivity contribution in [2.75, 3.05) is 26.4 Å². The van der Waals surface area contributed by atoms with Crippen LogP contribution in [0.15, 0.2) is 24.3 Å². The number of hydrogen-bond donors (Lipinski definition) is 0. The summed E-state index contributed by atoms with van der Waals surface area (Å²) in [5, 5.41) is 0. The van der Waals surface area contributed by atoms with E-state index in [1.165, 1.54) is 19.3 Å². The molecule has 1 aromatic carbocycles. The highest BCUT2D eigenvalue weighted by atomic mass is 16.6. The molecular weight excluding hydrogens is 188 g/mol.